The Bertz CT molecular complexity index is 1750. The summed E-state index contributed by atoms with van der Waals surface area (Å²) in [5.74, 6) is 2.25. The molecule has 5 rings (SSSR count). The van der Waals surface area contributed by atoms with Gasteiger partial charge in [0.1, 0.15) is 24.7 Å². The number of fused-ring (bicyclic) bond motifs is 1. The van der Waals surface area contributed by atoms with Crippen LogP contribution in [-0.2, 0) is 35.5 Å². The van der Waals surface area contributed by atoms with Gasteiger partial charge in [-0.05, 0) is 31.0 Å². The largest absolute Gasteiger partial charge is 3.00 e. The minimum absolute atomic E-state index is 0. The number of thiocarbonyl (C=S) groups is 3. The van der Waals surface area contributed by atoms with Gasteiger partial charge in [-0.3, -0.25) is 19.6 Å². The van der Waals surface area contributed by atoms with E-state index >= 15 is 0 Å². The van der Waals surface area contributed by atoms with E-state index in [4.69, 9.17) is 35.2 Å². The normalized spacial score (nSPS) is 9.90. The van der Waals surface area contributed by atoms with Crippen LogP contribution in [0.2, 0.25) is 0 Å². The fourth-order valence-electron chi connectivity index (χ4n) is 4.33. The van der Waals surface area contributed by atoms with Gasteiger partial charge in [-0.2, -0.15) is 29.3 Å². The summed E-state index contributed by atoms with van der Waals surface area (Å²) in [4.78, 5) is 37.7. The Morgan fingerprint density at radius 3 is 1.94 bits per heavy atom. The quantitative estimate of drug-likeness (QED) is 0.0330. The molecule has 0 saturated heterocycles. The van der Waals surface area contributed by atoms with E-state index in [9.17, 15) is 9.59 Å². The molecule has 0 fully saturated rings. The van der Waals surface area contributed by atoms with E-state index in [2.05, 4.69) is 58.5 Å². The molecule has 0 aliphatic carbocycles. The molecule has 52 heavy (non-hydrogen) atoms. The topological polar surface area (TPSA) is 177 Å². The van der Waals surface area contributed by atoms with E-state index in [1.54, 1.807) is 41.8 Å². The first kappa shape index (κ1) is 47.7. The number of rotatable bonds is 12. The molecule has 1 aliphatic heterocycles. The van der Waals surface area contributed by atoms with Crippen LogP contribution in [0.25, 0.3) is 49.4 Å². The van der Waals surface area contributed by atoms with Gasteiger partial charge in [-0.15, -0.1) is 11.3 Å². The Balaban J connectivity index is 0.00000177. The van der Waals surface area contributed by atoms with Crippen molar-refractivity contribution in [2.75, 3.05) is 13.2 Å². The van der Waals surface area contributed by atoms with Gasteiger partial charge in [-0.25, -0.2) is 4.98 Å². The van der Waals surface area contributed by atoms with Crippen LogP contribution in [0.1, 0.15) is 51.3 Å². The van der Waals surface area contributed by atoms with E-state index in [1.807, 2.05) is 32.4 Å². The molecule has 0 spiro atoms. The molecular weight excluding hydrogens is 830 g/mol. The molecule has 4 aromatic rings. The van der Waals surface area contributed by atoms with Crippen LogP contribution in [0.5, 0.6) is 23.0 Å². The predicted molar refractivity (Wildman–Crippen MR) is 210 cm³/mol. The van der Waals surface area contributed by atoms with Crippen molar-refractivity contribution >= 4 is 76.4 Å². The van der Waals surface area contributed by atoms with Crippen molar-refractivity contribution < 1.29 is 48.0 Å². The third-order valence-corrected chi connectivity index (χ3v) is 7.43. The number of unbranched alkanes of at least 4 members (excludes halogenated alkanes) is 3. The van der Waals surface area contributed by atoms with Crippen LogP contribution >= 0.6 is 48.0 Å². The second-order valence-corrected chi connectivity index (χ2v) is 11.3. The van der Waals surface area contributed by atoms with Crippen LogP contribution in [0.3, 0.4) is 0 Å². The van der Waals surface area contributed by atoms with Crippen molar-refractivity contribution in [3.05, 3.63) is 76.3 Å². The Labute approximate surface area is 336 Å². The molecule has 0 amide bonds. The molecule has 4 aromatic heterocycles. The summed E-state index contributed by atoms with van der Waals surface area (Å²) < 4.78 is 22.1. The average molecular weight is 864 g/mol. The number of thiophene rings is 1. The summed E-state index contributed by atoms with van der Waals surface area (Å²) in [7, 11) is 0. The zero-order chi connectivity index (χ0) is 37.9. The summed E-state index contributed by atoms with van der Waals surface area (Å²) in [5.41, 5.74) is 2.86. The van der Waals surface area contributed by atoms with E-state index in [1.165, 1.54) is 45.8 Å². The van der Waals surface area contributed by atoms with Gasteiger partial charge in [0, 0.05) is 36.2 Å². The van der Waals surface area contributed by atoms with Crippen LogP contribution in [0.15, 0.2) is 48.8 Å². The molecule has 1 radical (unpaired) electrons. The molecule has 0 unspecified atom stereocenters. The third kappa shape index (κ3) is 16.4. The van der Waals surface area contributed by atoms with E-state index in [0.29, 0.717) is 54.7 Å². The van der Waals surface area contributed by atoms with Gasteiger partial charge in [0.15, 0.2) is 11.5 Å². The van der Waals surface area contributed by atoms with Gasteiger partial charge >= 0.3 is 19.5 Å². The SMILES string of the molecule is CCCCCCc1sc(-c2ccc(-c3cc(OC=O)cc(-c4cc(OC=O)ccn4)n3)nc2)c2c1OCCO2.C[CH-]C.[N-]=C=S.[N-]=C=S.[N-]=C=S.[Ru+3]. The first-order chi connectivity index (χ1) is 24.9. The maximum absolute atomic E-state index is 11.1. The molecule has 5 heterocycles. The van der Waals surface area contributed by atoms with Crippen LogP contribution < -0.4 is 18.9 Å². The Morgan fingerprint density at radius 1 is 0.827 bits per heavy atom. The minimum atomic E-state index is 0. The van der Waals surface area contributed by atoms with Gasteiger partial charge < -0.3 is 41.6 Å². The molecule has 0 bridgehead atoms. The number of aromatic nitrogens is 3. The second-order valence-electron chi connectivity index (χ2n) is 9.68. The van der Waals surface area contributed by atoms with E-state index in [-0.39, 0.29) is 25.2 Å². The summed E-state index contributed by atoms with van der Waals surface area (Å²) in [5, 5.41) is 25.4. The molecule has 0 aromatic carbocycles. The van der Waals surface area contributed by atoms with E-state index in [0.717, 1.165) is 34.8 Å². The molecule has 1 aliphatic rings. The Hall–Kier alpha value is -4.29. The third-order valence-electron chi connectivity index (χ3n) is 6.17. The average Bonchev–Trinajstić information content (AvgIpc) is 3.50. The van der Waals surface area contributed by atoms with Crippen LogP contribution in [0, 0.1) is 6.42 Å². The summed E-state index contributed by atoms with van der Waals surface area (Å²) in [6.45, 7) is 7.96. The number of isothiocyanates is 3. The number of nitrogens with zero attached hydrogens (tertiary/aromatic N) is 6. The number of carbonyl (C=O) groups excluding carboxylic acids is 2. The smallest absolute Gasteiger partial charge is 0.753 e. The number of hydrogen-bond acceptors (Lipinski definition) is 13. The Morgan fingerprint density at radius 2 is 1.38 bits per heavy atom. The number of carbonyl (C=O) groups is 2. The van der Waals surface area contributed by atoms with Crippen molar-refractivity contribution in [1.82, 2.24) is 15.0 Å². The second kappa shape index (κ2) is 29.3. The zero-order valence-electron chi connectivity index (χ0n) is 28.4. The predicted octanol–water partition coefficient (Wildman–Crippen LogP) is 9.10. The zero-order valence-corrected chi connectivity index (χ0v) is 33.4. The van der Waals surface area contributed by atoms with Gasteiger partial charge in [0.05, 0.1) is 32.5 Å². The van der Waals surface area contributed by atoms with Crippen molar-refractivity contribution in [3.8, 4) is 56.2 Å². The number of aryl methyl sites for hydroxylation is 1. The van der Waals surface area contributed by atoms with Gasteiger partial charge in [-0.1, -0.05) is 62.8 Å². The van der Waals surface area contributed by atoms with Crippen LogP contribution in [-0.4, -0.2) is 56.6 Å². The Kier molecular flexibility index (Phi) is 26.9. The van der Waals surface area contributed by atoms with E-state index < -0.39 is 0 Å². The summed E-state index contributed by atoms with van der Waals surface area (Å²) in [6.07, 6.45) is 11.0. The first-order valence-electron chi connectivity index (χ1n) is 15.2. The maximum Gasteiger partial charge on any atom is 3.00 e. The van der Waals surface area contributed by atoms with Gasteiger partial charge in [0.25, 0.3) is 12.9 Å². The maximum atomic E-state index is 11.1. The molecule has 273 valence electrons. The minimum Gasteiger partial charge on any atom is -0.753 e. The number of pyridine rings is 3. The molecule has 0 saturated carbocycles. The van der Waals surface area contributed by atoms with Crippen LogP contribution in [0.4, 0.5) is 0 Å². The van der Waals surface area contributed by atoms with Gasteiger partial charge in [0.2, 0.25) is 0 Å². The molecule has 17 heteroatoms. The molecular formula is C35H34N6O6RuS4-. The molecule has 12 nitrogen and oxygen atoms in total. The van der Waals surface area contributed by atoms with Crippen molar-refractivity contribution in [2.45, 2.75) is 52.9 Å². The fourth-order valence-corrected chi connectivity index (χ4v) is 5.55. The first-order valence-corrected chi connectivity index (χ1v) is 17.2. The number of hydrogen-bond donors (Lipinski definition) is 0. The molecule has 0 N–H and O–H groups in total. The number of ether oxygens (including phenoxy) is 4. The summed E-state index contributed by atoms with van der Waals surface area (Å²) >= 11 is 12.8. The van der Waals surface area contributed by atoms with Crippen molar-refractivity contribution in [1.29, 1.82) is 0 Å². The van der Waals surface area contributed by atoms with Crippen molar-refractivity contribution in [3.63, 3.8) is 0 Å². The monoisotopic (exact) mass is 864 g/mol. The summed E-state index contributed by atoms with van der Waals surface area (Å²) in [6, 6.07) is 10.2. The standard InChI is InChI=1S/C29H27N3O6S.C3H7.3CNS.Ru/c1-2-3-4-5-6-26-27-28(36-12-11-35-27)29(39-26)19-7-8-22(31-16-19)24-14-21(38-18-34)15-25(32-24)23-13-20(37-17-33)9-10-30-23;1-3-2;3*2-1-3;/h7-10,13-18H,2-6,11-12H2,1H3;3H,1-2H3;;;;/q;4*-1;+3. The molecule has 0 atom stereocenters. The van der Waals surface area contributed by atoms with Crippen molar-refractivity contribution in [2.24, 2.45) is 0 Å². The fraction of sp³-hybridized carbons (Fsp3) is 0.286.